The first-order valence-corrected chi connectivity index (χ1v) is 8.35. The molecule has 7 nitrogen and oxygen atoms in total. The van der Waals surface area contributed by atoms with Crippen molar-refractivity contribution in [3.05, 3.63) is 45.3 Å². The lowest BCUT2D eigenvalue weighted by Gasteiger charge is -2.29. The van der Waals surface area contributed by atoms with Crippen LogP contribution in [-0.2, 0) is 11.8 Å². The van der Waals surface area contributed by atoms with E-state index in [1.165, 1.54) is 4.68 Å². The first-order chi connectivity index (χ1) is 11.6. The number of carbonyl (C=O) groups is 1. The molecule has 1 aromatic carbocycles. The van der Waals surface area contributed by atoms with E-state index in [-0.39, 0.29) is 18.1 Å². The van der Waals surface area contributed by atoms with Crippen molar-refractivity contribution in [3.8, 4) is 5.75 Å². The van der Waals surface area contributed by atoms with Crippen LogP contribution in [0.5, 0.6) is 5.75 Å². The number of carbonyl (C=O) groups excluding carboxylic acids is 1. The largest absolute Gasteiger partial charge is 0.482 e. The number of nitrogens with one attached hydrogen (secondary N) is 1. The Labute approximate surface area is 147 Å². The Morgan fingerprint density at radius 1 is 1.33 bits per heavy atom. The molecular weight excluding hydrogens is 376 g/mol. The van der Waals surface area contributed by atoms with Crippen LogP contribution < -0.4 is 20.5 Å². The summed E-state index contributed by atoms with van der Waals surface area (Å²) in [4.78, 5) is 25.6. The van der Waals surface area contributed by atoms with E-state index in [2.05, 4.69) is 26.3 Å². The molecule has 0 radical (unpaired) electrons. The third kappa shape index (κ3) is 3.28. The van der Waals surface area contributed by atoms with Crippen LogP contribution in [0.3, 0.4) is 0 Å². The van der Waals surface area contributed by atoms with Gasteiger partial charge in [0.05, 0.1) is 17.6 Å². The SMILES string of the molecule is Cn1ncc(NCCCN2C(=O)COc3ccccc32)c(Br)c1=O. The molecule has 0 aliphatic carbocycles. The minimum absolute atomic E-state index is 0.0508. The second kappa shape index (κ2) is 7.04. The monoisotopic (exact) mass is 392 g/mol. The van der Waals surface area contributed by atoms with Gasteiger partial charge in [-0.15, -0.1) is 0 Å². The first kappa shape index (κ1) is 16.5. The fourth-order valence-corrected chi connectivity index (χ4v) is 2.99. The molecule has 2 heterocycles. The van der Waals surface area contributed by atoms with Gasteiger partial charge in [-0.2, -0.15) is 5.10 Å². The predicted molar refractivity (Wildman–Crippen MR) is 94.6 cm³/mol. The van der Waals surface area contributed by atoms with E-state index in [1.54, 1.807) is 18.1 Å². The van der Waals surface area contributed by atoms with E-state index in [9.17, 15) is 9.59 Å². The number of fused-ring (bicyclic) bond motifs is 1. The summed E-state index contributed by atoms with van der Waals surface area (Å²) in [6.07, 6.45) is 2.32. The van der Waals surface area contributed by atoms with Crippen molar-refractivity contribution in [1.29, 1.82) is 0 Å². The molecule has 0 spiro atoms. The van der Waals surface area contributed by atoms with E-state index in [0.29, 0.717) is 23.2 Å². The zero-order chi connectivity index (χ0) is 17.1. The van der Waals surface area contributed by atoms with Gasteiger partial charge in [-0.05, 0) is 34.5 Å². The van der Waals surface area contributed by atoms with Crippen molar-refractivity contribution in [2.24, 2.45) is 7.05 Å². The van der Waals surface area contributed by atoms with Crippen LogP contribution in [0, 0.1) is 0 Å². The highest BCUT2D eigenvalue weighted by Gasteiger charge is 2.24. The lowest BCUT2D eigenvalue weighted by molar-refractivity contribution is -0.121. The average molecular weight is 393 g/mol. The smallest absolute Gasteiger partial charge is 0.282 e. The molecule has 0 unspecified atom stereocenters. The highest BCUT2D eigenvalue weighted by Crippen LogP contribution is 2.31. The summed E-state index contributed by atoms with van der Waals surface area (Å²) < 4.78 is 7.14. The zero-order valence-corrected chi connectivity index (χ0v) is 14.7. The summed E-state index contributed by atoms with van der Waals surface area (Å²) in [6.45, 7) is 1.25. The van der Waals surface area contributed by atoms with Crippen molar-refractivity contribution in [2.75, 3.05) is 29.9 Å². The molecule has 0 saturated heterocycles. The van der Waals surface area contributed by atoms with Crippen LogP contribution in [0.4, 0.5) is 11.4 Å². The molecule has 0 atom stereocenters. The summed E-state index contributed by atoms with van der Waals surface area (Å²) in [7, 11) is 1.60. The van der Waals surface area contributed by atoms with Crippen LogP contribution in [0.25, 0.3) is 0 Å². The number of halogens is 1. The normalized spacial score (nSPS) is 13.4. The molecule has 8 heteroatoms. The van der Waals surface area contributed by atoms with Crippen molar-refractivity contribution < 1.29 is 9.53 Å². The Bertz CT molecular complexity index is 821. The van der Waals surface area contributed by atoms with E-state index in [0.717, 1.165) is 17.9 Å². The Morgan fingerprint density at radius 2 is 2.12 bits per heavy atom. The average Bonchev–Trinajstić information content (AvgIpc) is 2.60. The minimum atomic E-state index is -0.197. The molecule has 2 aromatic rings. The van der Waals surface area contributed by atoms with E-state index in [1.807, 2.05) is 24.3 Å². The predicted octanol–water partition coefficient (Wildman–Crippen LogP) is 1.77. The minimum Gasteiger partial charge on any atom is -0.482 e. The number of benzene rings is 1. The van der Waals surface area contributed by atoms with Crippen molar-refractivity contribution in [3.63, 3.8) is 0 Å². The third-order valence-corrected chi connectivity index (χ3v) is 4.53. The van der Waals surface area contributed by atoms with Crippen LogP contribution >= 0.6 is 15.9 Å². The van der Waals surface area contributed by atoms with Gasteiger partial charge in [0.15, 0.2) is 6.61 Å². The van der Waals surface area contributed by atoms with Gasteiger partial charge in [0.2, 0.25) is 0 Å². The van der Waals surface area contributed by atoms with Crippen molar-refractivity contribution in [1.82, 2.24) is 9.78 Å². The molecule has 1 amide bonds. The van der Waals surface area contributed by atoms with Gasteiger partial charge in [-0.1, -0.05) is 12.1 Å². The third-order valence-electron chi connectivity index (χ3n) is 3.76. The van der Waals surface area contributed by atoms with E-state index in [4.69, 9.17) is 4.74 Å². The molecule has 1 N–H and O–H groups in total. The molecule has 1 aromatic heterocycles. The maximum Gasteiger partial charge on any atom is 0.282 e. The van der Waals surface area contributed by atoms with E-state index >= 15 is 0 Å². The fourth-order valence-electron chi connectivity index (χ4n) is 2.49. The van der Waals surface area contributed by atoms with Gasteiger partial charge in [-0.3, -0.25) is 9.59 Å². The maximum atomic E-state index is 12.1. The number of aryl methyl sites for hydroxylation is 1. The molecule has 0 fully saturated rings. The molecule has 126 valence electrons. The topological polar surface area (TPSA) is 76.5 Å². The quantitative estimate of drug-likeness (QED) is 0.784. The van der Waals surface area contributed by atoms with Crippen molar-refractivity contribution >= 4 is 33.2 Å². The lowest BCUT2D eigenvalue weighted by Crippen LogP contribution is -2.39. The zero-order valence-electron chi connectivity index (χ0n) is 13.2. The maximum absolute atomic E-state index is 12.1. The highest BCUT2D eigenvalue weighted by atomic mass is 79.9. The molecule has 1 aliphatic rings. The summed E-state index contributed by atoms with van der Waals surface area (Å²) >= 11 is 3.27. The van der Waals surface area contributed by atoms with Crippen LogP contribution in [0.2, 0.25) is 0 Å². The fraction of sp³-hybridized carbons (Fsp3) is 0.312. The number of hydrogen-bond acceptors (Lipinski definition) is 5. The summed E-state index contributed by atoms with van der Waals surface area (Å²) in [5.74, 6) is 0.675. The highest BCUT2D eigenvalue weighted by molar-refractivity contribution is 9.10. The molecule has 0 saturated carbocycles. The van der Waals surface area contributed by atoms with Gasteiger partial charge >= 0.3 is 0 Å². The Kier molecular flexibility index (Phi) is 4.84. The van der Waals surface area contributed by atoms with Crippen molar-refractivity contribution in [2.45, 2.75) is 6.42 Å². The molecule has 1 aliphatic heterocycles. The number of hydrogen-bond donors (Lipinski definition) is 1. The number of para-hydroxylation sites is 2. The Hall–Kier alpha value is -2.35. The molecule has 3 rings (SSSR count). The number of ether oxygens (including phenoxy) is 1. The summed E-state index contributed by atoms with van der Waals surface area (Å²) in [6, 6.07) is 7.50. The number of rotatable bonds is 5. The van der Waals surface area contributed by atoms with Crippen LogP contribution in [0.1, 0.15) is 6.42 Å². The Morgan fingerprint density at radius 3 is 2.96 bits per heavy atom. The van der Waals surface area contributed by atoms with Gasteiger partial charge in [-0.25, -0.2) is 4.68 Å². The van der Waals surface area contributed by atoms with Gasteiger partial charge in [0.25, 0.3) is 11.5 Å². The molecule has 24 heavy (non-hydrogen) atoms. The second-order valence-electron chi connectivity index (χ2n) is 5.38. The Balaban J connectivity index is 1.60. The summed E-state index contributed by atoms with van der Waals surface area (Å²) in [5, 5.41) is 7.15. The van der Waals surface area contributed by atoms with Crippen LogP contribution in [0.15, 0.2) is 39.7 Å². The molecular formula is C16H17BrN4O3. The number of nitrogens with zero attached hydrogens (tertiary/aromatic N) is 3. The number of amides is 1. The standard InChI is InChI=1S/C16H17BrN4O3/c1-20-16(23)15(17)11(9-19-20)18-7-4-8-21-12-5-2-3-6-13(12)24-10-14(21)22/h2-3,5-6,9,18H,4,7-8,10H2,1H3. The first-order valence-electron chi connectivity index (χ1n) is 7.56. The second-order valence-corrected chi connectivity index (χ2v) is 6.18. The van der Waals surface area contributed by atoms with Crippen LogP contribution in [-0.4, -0.2) is 35.4 Å². The van der Waals surface area contributed by atoms with E-state index < -0.39 is 0 Å². The number of aromatic nitrogens is 2. The summed E-state index contributed by atoms with van der Waals surface area (Å²) in [5.41, 5.74) is 1.24. The van der Waals surface area contributed by atoms with Gasteiger partial charge in [0.1, 0.15) is 10.2 Å². The number of anilines is 2. The van der Waals surface area contributed by atoms with Gasteiger partial charge in [0, 0.05) is 20.1 Å². The lowest BCUT2D eigenvalue weighted by atomic mass is 10.2. The molecule has 0 bridgehead atoms. The van der Waals surface area contributed by atoms with Gasteiger partial charge < -0.3 is 15.0 Å².